The van der Waals surface area contributed by atoms with Crippen LogP contribution in [-0.4, -0.2) is 41.7 Å². The van der Waals surface area contributed by atoms with Crippen LogP contribution in [0, 0.1) is 0 Å². The number of hydrogen-bond acceptors (Lipinski definition) is 3. The van der Waals surface area contributed by atoms with Crippen molar-refractivity contribution in [2.24, 2.45) is 5.73 Å². The number of rotatable bonds is 3. The van der Waals surface area contributed by atoms with Crippen molar-refractivity contribution in [3.63, 3.8) is 0 Å². The minimum atomic E-state index is -1.09. The van der Waals surface area contributed by atoms with Gasteiger partial charge in [-0.05, 0) is 27.9 Å². The Morgan fingerprint density at radius 1 is 1.50 bits per heavy atom. The average Bonchev–Trinajstić information content (AvgIpc) is 1.54. The topological polar surface area (TPSA) is 66.6 Å². The van der Waals surface area contributed by atoms with Crippen LogP contribution in [0.1, 0.15) is 13.8 Å². The normalized spacial score (nSPS) is 13.8. The lowest BCUT2D eigenvalue weighted by atomic mass is 9.97. The van der Waals surface area contributed by atoms with Crippen LogP contribution < -0.4 is 5.73 Å². The molecule has 0 aliphatic rings. The molecule has 0 saturated carbocycles. The molecule has 74 valence electrons. The van der Waals surface area contributed by atoms with Gasteiger partial charge in [0.25, 0.3) is 0 Å². The summed E-state index contributed by atoms with van der Waals surface area (Å²) in [6.07, 6.45) is 0. The molecule has 0 aliphatic carbocycles. The van der Waals surface area contributed by atoms with Crippen LogP contribution in [0.15, 0.2) is 0 Å². The van der Waals surface area contributed by atoms with E-state index in [1.54, 1.807) is 32.8 Å². The third kappa shape index (κ3) is 3.90. The average molecular weight is 197 g/mol. The van der Waals surface area contributed by atoms with Crippen molar-refractivity contribution >= 4 is 18.3 Å². The van der Waals surface area contributed by atoms with Crippen LogP contribution in [-0.2, 0) is 4.79 Å². The number of halogens is 1. The first-order valence-electron chi connectivity index (χ1n) is 3.45. The molecular formula is C7H17ClN2O2. The van der Waals surface area contributed by atoms with Crippen molar-refractivity contribution < 1.29 is 9.90 Å². The van der Waals surface area contributed by atoms with Crippen LogP contribution in [0.25, 0.3) is 0 Å². The minimum absolute atomic E-state index is 0. The molecule has 12 heavy (non-hydrogen) atoms. The van der Waals surface area contributed by atoms with Crippen molar-refractivity contribution in [1.29, 1.82) is 0 Å². The molecule has 0 radical (unpaired) electrons. The van der Waals surface area contributed by atoms with Crippen LogP contribution in [0.2, 0.25) is 0 Å². The molecule has 0 aromatic heterocycles. The van der Waals surface area contributed by atoms with Crippen molar-refractivity contribution in [3.05, 3.63) is 0 Å². The molecule has 0 rings (SSSR count). The number of nitrogens with zero attached hydrogens (tertiary/aromatic N) is 1. The highest BCUT2D eigenvalue weighted by Crippen LogP contribution is 2.12. The molecule has 0 spiro atoms. The third-order valence-corrected chi connectivity index (χ3v) is 1.46. The molecule has 0 bridgehead atoms. The van der Waals surface area contributed by atoms with Gasteiger partial charge in [0.15, 0.2) is 0 Å². The maximum absolute atomic E-state index is 10.8. The van der Waals surface area contributed by atoms with E-state index in [1.807, 2.05) is 0 Å². The molecule has 5 heteroatoms. The molecule has 0 aliphatic heterocycles. The Hall–Kier alpha value is -0.320. The number of primary amides is 1. The van der Waals surface area contributed by atoms with Gasteiger partial charge in [-0.2, -0.15) is 0 Å². The van der Waals surface area contributed by atoms with Gasteiger partial charge in [0.1, 0.15) is 6.04 Å². The van der Waals surface area contributed by atoms with Crippen molar-refractivity contribution in [1.82, 2.24) is 4.90 Å². The fraction of sp³-hybridized carbons (Fsp3) is 0.857. The smallest absolute Gasteiger partial charge is 0.237 e. The standard InChI is InChI=1S/C7H16N2O2.ClH/c1-7(2,11)5(6(8)10)9(3)4;/h5,11H,1-4H3,(H2,8,10);1H/t5-;/m1./s1. The van der Waals surface area contributed by atoms with E-state index >= 15 is 0 Å². The van der Waals surface area contributed by atoms with Gasteiger partial charge in [-0.1, -0.05) is 0 Å². The number of likely N-dealkylation sites (N-methyl/N-ethyl adjacent to an activating group) is 1. The predicted molar refractivity (Wildman–Crippen MR) is 50.2 cm³/mol. The SMILES string of the molecule is CN(C)[C@H](C(N)=O)C(C)(C)O.Cl. The monoisotopic (exact) mass is 196 g/mol. The quantitative estimate of drug-likeness (QED) is 0.645. The first kappa shape index (κ1) is 14.2. The molecule has 3 N–H and O–H groups in total. The van der Waals surface area contributed by atoms with Gasteiger partial charge >= 0.3 is 0 Å². The van der Waals surface area contributed by atoms with Gasteiger partial charge in [0.05, 0.1) is 5.60 Å². The molecule has 0 aromatic rings. The lowest BCUT2D eigenvalue weighted by molar-refractivity contribution is -0.130. The van der Waals surface area contributed by atoms with Crippen LogP contribution in [0.5, 0.6) is 0 Å². The Balaban J connectivity index is 0. The van der Waals surface area contributed by atoms with Crippen molar-refractivity contribution in [3.8, 4) is 0 Å². The summed E-state index contributed by atoms with van der Waals surface area (Å²) in [6, 6.07) is -0.637. The minimum Gasteiger partial charge on any atom is -0.388 e. The van der Waals surface area contributed by atoms with Crippen LogP contribution >= 0.6 is 12.4 Å². The van der Waals surface area contributed by atoms with Crippen LogP contribution in [0.3, 0.4) is 0 Å². The lowest BCUT2D eigenvalue weighted by Gasteiger charge is -2.31. The largest absolute Gasteiger partial charge is 0.388 e. The number of hydrogen-bond donors (Lipinski definition) is 2. The van der Waals surface area contributed by atoms with E-state index in [9.17, 15) is 9.90 Å². The maximum Gasteiger partial charge on any atom is 0.237 e. The number of carbonyl (C=O) groups is 1. The van der Waals surface area contributed by atoms with Gasteiger partial charge in [0.2, 0.25) is 5.91 Å². The van der Waals surface area contributed by atoms with Gasteiger partial charge in [-0.25, -0.2) is 0 Å². The summed E-state index contributed by atoms with van der Waals surface area (Å²) in [5, 5.41) is 9.48. The number of amides is 1. The molecule has 1 amide bonds. The summed E-state index contributed by atoms with van der Waals surface area (Å²) in [5.41, 5.74) is 4.00. The summed E-state index contributed by atoms with van der Waals surface area (Å²) >= 11 is 0. The molecule has 4 nitrogen and oxygen atoms in total. The van der Waals surface area contributed by atoms with E-state index in [0.29, 0.717) is 0 Å². The van der Waals surface area contributed by atoms with Gasteiger partial charge in [-0.3, -0.25) is 9.69 Å². The Morgan fingerprint density at radius 2 is 1.83 bits per heavy atom. The Labute approximate surface area is 79.1 Å². The number of carbonyl (C=O) groups excluding carboxylic acids is 1. The second-order valence-electron chi connectivity index (χ2n) is 3.42. The molecule has 0 unspecified atom stereocenters. The van der Waals surface area contributed by atoms with E-state index in [0.717, 1.165) is 0 Å². The maximum atomic E-state index is 10.8. The van der Waals surface area contributed by atoms with Crippen LogP contribution in [0.4, 0.5) is 0 Å². The van der Waals surface area contributed by atoms with E-state index in [2.05, 4.69) is 0 Å². The highest BCUT2D eigenvalue weighted by Gasteiger charge is 2.33. The zero-order valence-corrected chi connectivity index (χ0v) is 8.68. The Kier molecular flexibility index (Phi) is 5.50. The Bertz CT molecular complexity index is 154. The van der Waals surface area contributed by atoms with E-state index < -0.39 is 17.6 Å². The zero-order valence-electron chi connectivity index (χ0n) is 7.87. The highest BCUT2D eigenvalue weighted by molar-refractivity contribution is 5.85. The molecular weight excluding hydrogens is 180 g/mol. The Morgan fingerprint density at radius 3 is 1.83 bits per heavy atom. The highest BCUT2D eigenvalue weighted by atomic mass is 35.5. The van der Waals surface area contributed by atoms with Crippen molar-refractivity contribution in [2.45, 2.75) is 25.5 Å². The molecule has 0 aromatic carbocycles. The fourth-order valence-corrected chi connectivity index (χ4v) is 1.23. The summed E-state index contributed by atoms with van der Waals surface area (Å²) < 4.78 is 0. The predicted octanol–water partition coefficient (Wildman–Crippen LogP) is -0.405. The van der Waals surface area contributed by atoms with Gasteiger partial charge < -0.3 is 10.8 Å². The zero-order chi connectivity index (χ0) is 9.23. The molecule has 1 atom stereocenters. The lowest BCUT2D eigenvalue weighted by Crippen LogP contribution is -2.53. The number of aliphatic hydroxyl groups is 1. The van der Waals surface area contributed by atoms with E-state index in [4.69, 9.17) is 5.73 Å². The van der Waals surface area contributed by atoms with Crippen molar-refractivity contribution in [2.75, 3.05) is 14.1 Å². The second-order valence-corrected chi connectivity index (χ2v) is 3.42. The molecule has 0 saturated heterocycles. The fourth-order valence-electron chi connectivity index (χ4n) is 1.23. The summed E-state index contributed by atoms with van der Waals surface area (Å²) in [4.78, 5) is 12.4. The second kappa shape index (κ2) is 4.64. The van der Waals surface area contributed by atoms with Gasteiger partial charge in [-0.15, -0.1) is 12.4 Å². The first-order valence-corrected chi connectivity index (χ1v) is 3.45. The first-order chi connectivity index (χ1) is 4.76. The van der Waals surface area contributed by atoms with E-state index in [1.165, 1.54) is 0 Å². The molecule has 0 heterocycles. The van der Waals surface area contributed by atoms with E-state index in [-0.39, 0.29) is 12.4 Å². The summed E-state index contributed by atoms with van der Waals surface area (Å²) in [7, 11) is 3.40. The molecule has 0 fully saturated rings. The summed E-state index contributed by atoms with van der Waals surface area (Å²) in [6.45, 7) is 3.12. The third-order valence-electron chi connectivity index (χ3n) is 1.46. The number of nitrogens with two attached hydrogens (primary N) is 1. The van der Waals surface area contributed by atoms with Gasteiger partial charge in [0, 0.05) is 0 Å². The summed E-state index contributed by atoms with van der Waals surface area (Å²) in [5.74, 6) is -0.512.